The fourth-order valence-corrected chi connectivity index (χ4v) is 1.99. The van der Waals surface area contributed by atoms with Gasteiger partial charge in [-0.05, 0) is 0 Å². The molecule has 2 aromatic heterocycles. The zero-order valence-electron chi connectivity index (χ0n) is 11.2. The first-order valence-electron chi connectivity index (χ1n) is 5.66. The Labute approximate surface area is 136 Å². The zero-order valence-corrected chi connectivity index (χ0v) is 12.8. The molecule has 0 unspecified atom stereocenters. The van der Waals surface area contributed by atoms with E-state index in [2.05, 4.69) is 9.97 Å². The maximum absolute atomic E-state index is 8.53. The van der Waals surface area contributed by atoms with Gasteiger partial charge in [0.2, 0.25) is 0 Å². The van der Waals surface area contributed by atoms with Crippen LogP contribution in [0.2, 0.25) is 0 Å². The van der Waals surface area contributed by atoms with Crippen LogP contribution in [-0.4, -0.2) is 9.97 Å². The Balaban J connectivity index is 0.000000220. The van der Waals surface area contributed by atoms with Crippen molar-refractivity contribution in [3.05, 3.63) is 32.5 Å². The van der Waals surface area contributed by atoms with E-state index in [4.69, 9.17) is 57.9 Å². The predicted molar refractivity (Wildman–Crippen MR) is 90.3 cm³/mol. The summed E-state index contributed by atoms with van der Waals surface area (Å²) in [6.07, 6.45) is 0. The summed E-state index contributed by atoms with van der Waals surface area (Å²) in [5.74, 6) is 0.734. The number of nitrogens with zero attached hydrogens (tertiary/aromatic N) is 2. The molecule has 0 amide bonds. The fraction of sp³-hybridized carbons (Fsp3) is 0. The minimum atomic E-state index is 0.272. The maximum Gasteiger partial charge on any atom is 0.124 e. The van der Waals surface area contributed by atoms with E-state index in [1.165, 1.54) is 12.1 Å². The lowest BCUT2D eigenvalue weighted by Gasteiger charge is -1.98. The summed E-state index contributed by atoms with van der Waals surface area (Å²) in [7, 11) is 0. The Bertz CT molecular complexity index is 822. The van der Waals surface area contributed by atoms with Crippen molar-refractivity contribution in [3.8, 4) is 12.1 Å². The SMILES string of the molecule is N#Cc1c(N)cc(N)[nH]c1=S.N#Cc1c(N)cc(N)[nH]c1=S. The number of pyridine rings is 2. The summed E-state index contributed by atoms with van der Waals surface area (Å²) < 4.78 is 0.565. The fourth-order valence-electron chi connectivity index (χ4n) is 1.43. The molecule has 0 saturated heterocycles. The van der Waals surface area contributed by atoms with Gasteiger partial charge in [0, 0.05) is 12.1 Å². The van der Waals surface area contributed by atoms with Gasteiger partial charge in [0.15, 0.2) is 0 Å². The minimum absolute atomic E-state index is 0.272. The number of hydrogen-bond donors (Lipinski definition) is 6. The van der Waals surface area contributed by atoms with Crippen molar-refractivity contribution in [1.82, 2.24) is 9.97 Å². The maximum atomic E-state index is 8.53. The molecule has 0 aliphatic rings. The van der Waals surface area contributed by atoms with Gasteiger partial charge in [0.05, 0.1) is 11.4 Å². The summed E-state index contributed by atoms with van der Waals surface area (Å²) >= 11 is 9.58. The lowest BCUT2D eigenvalue weighted by atomic mass is 10.2. The number of aromatic amines is 2. The first kappa shape index (κ1) is 17.0. The second-order valence-corrected chi connectivity index (χ2v) is 4.81. The van der Waals surface area contributed by atoms with E-state index in [-0.39, 0.29) is 20.4 Å². The molecule has 2 rings (SSSR count). The molecular formula is C12H12N8S2. The second kappa shape index (κ2) is 7.08. The van der Waals surface area contributed by atoms with Gasteiger partial charge in [-0.25, -0.2) is 0 Å². The Kier molecular flexibility index (Phi) is 5.46. The van der Waals surface area contributed by atoms with E-state index < -0.39 is 0 Å². The number of H-pyrrole nitrogens is 2. The largest absolute Gasteiger partial charge is 0.397 e. The summed E-state index contributed by atoms with van der Waals surface area (Å²) in [6, 6.07) is 6.68. The molecule has 0 aliphatic heterocycles. The zero-order chi connectivity index (χ0) is 16.9. The van der Waals surface area contributed by atoms with Crippen LogP contribution in [0, 0.1) is 31.9 Å². The van der Waals surface area contributed by atoms with Gasteiger partial charge in [-0.2, -0.15) is 10.5 Å². The van der Waals surface area contributed by atoms with E-state index in [0.717, 1.165) is 0 Å². The summed E-state index contributed by atoms with van der Waals surface area (Å²) in [4.78, 5) is 5.24. The van der Waals surface area contributed by atoms with Crippen LogP contribution in [-0.2, 0) is 0 Å². The molecule has 0 bridgehead atoms. The average Bonchev–Trinajstić information content (AvgIpc) is 2.38. The Hall–Kier alpha value is -3.08. The molecule has 112 valence electrons. The Morgan fingerprint density at radius 3 is 1.32 bits per heavy atom. The normalized spacial score (nSPS) is 9.00. The van der Waals surface area contributed by atoms with Crippen LogP contribution in [0.15, 0.2) is 12.1 Å². The van der Waals surface area contributed by atoms with Crippen LogP contribution in [0.4, 0.5) is 23.0 Å². The Morgan fingerprint density at radius 1 is 0.773 bits per heavy atom. The summed E-state index contributed by atoms with van der Waals surface area (Å²) in [6.45, 7) is 0. The van der Waals surface area contributed by atoms with Crippen LogP contribution < -0.4 is 22.9 Å². The molecule has 2 heterocycles. The molecular weight excluding hydrogens is 320 g/mol. The number of aromatic nitrogens is 2. The minimum Gasteiger partial charge on any atom is -0.397 e. The smallest absolute Gasteiger partial charge is 0.124 e. The first-order chi connectivity index (χ1) is 10.3. The van der Waals surface area contributed by atoms with Crippen molar-refractivity contribution >= 4 is 47.4 Å². The molecule has 10 N–H and O–H groups in total. The molecule has 0 aromatic carbocycles. The quantitative estimate of drug-likeness (QED) is 0.392. The molecule has 0 radical (unpaired) electrons. The number of nitrogens with one attached hydrogen (secondary N) is 2. The number of nitrogens with two attached hydrogens (primary N) is 4. The third kappa shape index (κ3) is 3.96. The number of nitriles is 2. The molecule has 22 heavy (non-hydrogen) atoms. The van der Waals surface area contributed by atoms with Gasteiger partial charge < -0.3 is 32.9 Å². The third-order valence-electron chi connectivity index (χ3n) is 2.39. The molecule has 0 spiro atoms. The average molecular weight is 332 g/mol. The molecule has 0 atom stereocenters. The van der Waals surface area contributed by atoms with Gasteiger partial charge in [-0.3, -0.25) is 0 Å². The molecule has 0 saturated carbocycles. The van der Waals surface area contributed by atoms with E-state index in [1.54, 1.807) is 0 Å². The van der Waals surface area contributed by atoms with Crippen molar-refractivity contribution in [1.29, 1.82) is 10.5 Å². The molecule has 0 aliphatic carbocycles. The highest BCUT2D eigenvalue weighted by atomic mass is 32.1. The van der Waals surface area contributed by atoms with E-state index in [0.29, 0.717) is 23.0 Å². The third-order valence-corrected chi connectivity index (χ3v) is 3.01. The highest BCUT2D eigenvalue weighted by Gasteiger charge is 2.01. The van der Waals surface area contributed by atoms with Crippen molar-refractivity contribution in [3.63, 3.8) is 0 Å². The van der Waals surface area contributed by atoms with Gasteiger partial charge in [0.25, 0.3) is 0 Å². The van der Waals surface area contributed by atoms with Crippen LogP contribution in [0.5, 0.6) is 0 Å². The second-order valence-electron chi connectivity index (χ2n) is 3.99. The molecule has 8 nitrogen and oxygen atoms in total. The summed E-state index contributed by atoms with van der Waals surface area (Å²) in [5, 5.41) is 17.1. The standard InChI is InChI=1S/2C6H6N4S/c2*7-2-3-4(8)1-5(9)10-6(3)11/h2*1H,(H5,8,9,10,11). The van der Waals surface area contributed by atoms with Gasteiger partial charge in [0.1, 0.15) is 44.2 Å². The monoisotopic (exact) mass is 332 g/mol. The van der Waals surface area contributed by atoms with Gasteiger partial charge in [-0.1, -0.05) is 24.4 Å². The van der Waals surface area contributed by atoms with Crippen LogP contribution >= 0.6 is 24.4 Å². The number of rotatable bonds is 0. The molecule has 2 aromatic rings. The first-order valence-corrected chi connectivity index (χ1v) is 6.48. The number of hydrogen-bond acceptors (Lipinski definition) is 8. The number of nitrogen functional groups attached to an aromatic ring is 4. The Morgan fingerprint density at radius 2 is 1.09 bits per heavy atom. The molecule has 0 fully saturated rings. The van der Waals surface area contributed by atoms with Crippen molar-refractivity contribution in [2.45, 2.75) is 0 Å². The van der Waals surface area contributed by atoms with E-state index in [9.17, 15) is 0 Å². The van der Waals surface area contributed by atoms with Crippen LogP contribution in [0.1, 0.15) is 11.1 Å². The number of anilines is 4. The van der Waals surface area contributed by atoms with Crippen LogP contribution in [0.25, 0.3) is 0 Å². The topological polar surface area (TPSA) is 183 Å². The highest BCUT2D eigenvalue weighted by molar-refractivity contribution is 7.71. The predicted octanol–water partition coefficient (Wildman–Crippen LogP) is 1.56. The summed E-state index contributed by atoms with van der Waals surface area (Å²) in [5.41, 5.74) is 22.8. The van der Waals surface area contributed by atoms with Crippen LogP contribution in [0.3, 0.4) is 0 Å². The highest BCUT2D eigenvalue weighted by Crippen LogP contribution is 2.13. The molecule has 10 heteroatoms. The van der Waals surface area contributed by atoms with E-state index in [1.807, 2.05) is 12.1 Å². The van der Waals surface area contributed by atoms with Gasteiger partial charge in [-0.15, -0.1) is 0 Å². The van der Waals surface area contributed by atoms with E-state index >= 15 is 0 Å². The van der Waals surface area contributed by atoms with Crippen molar-refractivity contribution in [2.24, 2.45) is 0 Å². The van der Waals surface area contributed by atoms with Crippen molar-refractivity contribution < 1.29 is 0 Å². The lowest BCUT2D eigenvalue weighted by molar-refractivity contribution is 1.28. The lowest BCUT2D eigenvalue weighted by Crippen LogP contribution is -1.97. The van der Waals surface area contributed by atoms with Gasteiger partial charge >= 0.3 is 0 Å². The van der Waals surface area contributed by atoms with Crippen molar-refractivity contribution in [2.75, 3.05) is 22.9 Å².